The van der Waals surface area contributed by atoms with E-state index in [1.807, 2.05) is 19.2 Å². The number of aryl methyl sites for hydroxylation is 1. The molecule has 1 N–H and O–H groups in total. The molecular weight excluding hydrogens is 396 g/mol. The van der Waals surface area contributed by atoms with Crippen LogP contribution in [-0.2, 0) is 10.0 Å². The fraction of sp³-hybridized carbons (Fsp3) is 0.304. The maximum Gasteiger partial charge on any atom is 0.269 e. The summed E-state index contributed by atoms with van der Waals surface area (Å²) in [7, 11) is -3.76. The maximum atomic E-state index is 13.4. The van der Waals surface area contributed by atoms with E-state index in [-0.39, 0.29) is 4.90 Å². The predicted molar refractivity (Wildman–Crippen MR) is 117 cm³/mol. The van der Waals surface area contributed by atoms with E-state index in [9.17, 15) is 8.42 Å². The SMILES string of the molecule is Cc1[nH]ncc1-c1cn(S(=O)(=O)c2ccccc2)c2ncc(C3CCCCC3)cc12. The molecule has 1 aromatic carbocycles. The Morgan fingerprint density at radius 1 is 1.03 bits per heavy atom. The molecule has 0 unspecified atom stereocenters. The third-order valence-corrected chi connectivity index (χ3v) is 7.79. The van der Waals surface area contributed by atoms with Gasteiger partial charge in [0.25, 0.3) is 10.0 Å². The summed E-state index contributed by atoms with van der Waals surface area (Å²) in [5, 5.41) is 7.95. The van der Waals surface area contributed by atoms with E-state index in [0.29, 0.717) is 11.6 Å². The minimum absolute atomic E-state index is 0.246. The van der Waals surface area contributed by atoms with E-state index in [2.05, 4.69) is 21.2 Å². The van der Waals surface area contributed by atoms with Gasteiger partial charge in [-0.3, -0.25) is 5.10 Å². The Kier molecular flexibility index (Phi) is 4.70. The fourth-order valence-electron chi connectivity index (χ4n) is 4.48. The average molecular weight is 421 g/mol. The predicted octanol–water partition coefficient (Wildman–Crippen LogP) is 5.02. The zero-order valence-electron chi connectivity index (χ0n) is 16.9. The number of aromatic amines is 1. The van der Waals surface area contributed by atoms with Crippen LogP contribution in [0.5, 0.6) is 0 Å². The lowest BCUT2D eigenvalue weighted by molar-refractivity contribution is 0.443. The third-order valence-electron chi connectivity index (χ3n) is 6.13. The highest BCUT2D eigenvalue weighted by Gasteiger charge is 2.25. The number of hydrogen-bond acceptors (Lipinski definition) is 4. The van der Waals surface area contributed by atoms with Crippen molar-refractivity contribution >= 4 is 21.1 Å². The lowest BCUT2D eigenvalue weighted by atomic mass is 9.84. The molecule has 0 bridgehead atoms. The zero-order chi connectivity index (χ0) is 20.7. The van der Waals surface area contributed by atoms with E-state index in [0.717, 1.165) is 35.0 Å². The molecule has 3 heterocycles. The van der Waals surface area contributed by atoms with Gasteiger partial charge in [0.05, 0.1) is 11.1 Å². The summed E-state index contributed by atoms with van der Waals surface area (Å²) < 4.78 is 28.1. The summed E-state index contributed by atoms with van der Waals surface area (Å²) in [6.07, 6.45) is 11.4. The van der Waals surface area contributed by atoms with Gasteiger partial charge < -0.3 is 0 Å². The molecule has 7 heteroatoms. The first kappa shape index (κ1) is 19.1. The Balaban J connectivity index is 1.74. The molecular formula is C23H24N4O2S. The lowest BCUT2D eigenvalue weighted by Gasteiger charge is -2.21. The molecule has 0 aliphatic heterocycles. The number of fused-ring (bicyclic) bond motifs is 1. The summed E-state index contributed by atoms with van der Waals surface area (Å²) in [4.78, 5) is 4.91. The molecule has 0 spiro atoms. The van der Waals surface area contributed by atoms with E-state index in [4.69, 9.17) is 0 Å². The molecule has 5 rings (SSSR count). The van der Waals surface area contributed by atoms with Crippen LogP contribution < -0.4 is 0 Å². The summed E-state index contributed by atoms with van der Waals surface area (Å²) in [6.45, 7) is 1.94. The van der Waals surface area contributed by atoms with Gasteiger partial charge in [0.2, 0.25) is 0 Å². The van der Waals surface area contributed by atoms with Gasteiger partial charge in [-0.2, -0.15) is 5.10 Å². The minimum Gasteiger partial charge on any atom is -0.282 e. The molecule has 6 nitrogen and oxygen atoms in total. The van der Waals surface area contributed by atoms with Crippen molar-refractivity contribution in [3.8, 4) is 11.1 Å². The first-order valence-electron chi connectivity index (χ1n) is 10.4. The Morgan fingerprint density at radius 2 is 1.80 bits per heavy atom. The molecule has 3 aromatic heterocycles. The van der Waals surface area contributed by atoms with E-state index in [1.165, 1.54) is 28.8 Å². The van der Waals surface area contributed by atoms with Gasteiger partial charge in [0, 0.05) is 34.6 Å². The van der Waals surface area contributed by atoms with Gasteiger partial charge in [-0.1, -0.05) is 37.5 Å². The monoisotopic (exact) mass is 420 g/mol. The number of nitrogens with zero attached hydrogens (tertiary/aromatic N) is 3. The summed E-state index contributed by atoms with van der Waals surface area (Å²) in [6, 6.07) is 10.6. The molecule has 0 amide bonds. The van der Waals surface area contributed by atoms with Crippen LogP contribution in [0.3, 0.4) is 0 Å². The minimum atomic E-state index is -3.76. The molecule has 1 fully saturated rings. The molecule has 30 heavy (non-hydrogen) atoms. The van der Waals surface area contributed by atoms with E-state index in [1.54, 1.807) is 36.7 Å². The molecule has 1 aliphatic rings. The van der Waals surface area contributed by atoms with Crippen molar-refractivity contribution < 1.29 is 8.42 Å². The Labute approximate surface area is 176 Å². The van der Waals surface area contributed by atoms with Gasteiger partial charge in [0.15, 0.2) is 5.65 Å². The number of H-pyrrole nitrogens is 1. The van der Waals surface area contributed by atoms with Gasteiger partial charge in [-0.25, -0.2) is 17.4 Å². The first-order valence-corrected chi connectivity index (χ1v) is 11.8. The summed E-state index contributed by atoms with van der Waals surface area (Å²) in [5.74, 6) is 0.489. The second-order valence-corrected chi connectivity index (χ2v) is 9.86. The third kappa shape index (κ3) is 3.13. The number of benzene rings is 1. The standard InChI is InChI=1S/C23H24N4O2S/c1-16-21(14-25-26-16)22-15-27(30(28,29)19-10-6-3-7-11-19)23-20(22)12-18(13-24-23)17-8-4-2-5-9-17/h3,6-7,10-15,17H,2,4-5,8-9H2,1H3,(H,25,26). The van der Waals surface area contributed by atoms with Crippen LogP contribution in [0, 0.1) is 6.92 Å². The quantitative estimate of drug-likeness (QED) is 0.503. The average Bonchev–Trinajstić information content (AvgIpc) is 3.38. The maximum absolute atomic E-state index is 13.4. The first-order chi connectivity index (χ1) is 14.6. The normalized spacial score (nSPS) is 15.6. The van der Waals surface area contributed by atoms with Crippen molar-refractivity contribution in [2.45, 2.75) is 49.8 Å². The van der Waals surface area contributed by atoms with Gasteiger partial charge in [-0.15, -0.1) is 0 Å². The van der Waals surface area contributed by atoms with Gasteiger partial charge in [-0.05, 0) is 49.4 Å². The Bertz CT molecular complexity index is 1300. The topological polar surface area (TPSA) is 80.6 Å². The molecule has 4 aromatic rings. The van der Waals surface area contributed by atoms with Crippen molar-refractivity contribution in [2.75, 3.05) is 0 Å². The summed E-state index contributed by atoms with van der Waals surface area (Å²) in [5.41, 5.74) is 4.27. The van der Waals surface area contributed by atoms with Crippen LogP contribution in [0.2, 0.25) is 0 Å². The van der Waals surface area contributed by atoms with Gasteiger partial charge >= 0.3 is 0 Å². The highest BCUT2D eigenvalue weighted by molar-refractivity contribution is 7.90. The van der Waals surface area contributed by atoms with Crippen molar-refractivity contribution in [3.63, 3.8) is 0 Å². The second-order valence-electron chi connectivity index (χ2n) is 8.04. The number of aromatic nitrogens is 4. The fourth-order valence-corrected chi connectivity index (χ4v) is 5.83. The number of nitrogens with one attached hydrogen (secondary N) is 1. The molecule has 1 aliphatic carbocycles. The van der Waals surface area contributed by atoms with Crippen LogP contribution in [0.25, 0.3) is 22.2 Å². The van der Waals surface area contributed by atoms with Crippen LogP contribution >= 0.6 is 0 Å². The molecule has 0 saturated heterocycles. The lowest BCUT2D eigenvalue weighted by Crippen LogP contribution is -2.12. The Morgan fingerprint density at radius 3 is 2.50 bits per heavy atom. The van der Waals surface area contributed by atoms with Crippen molar-refractivity contribution in [1.82, 2.24) is 19.2 Å². The molecule has 154 valence electrons. The van der Waals surface area contributed by atoms with E-state index < -0.39 is 10.0 Å². The van der Waals surface area contributed by atoms with Crippen LogP contribution in [0.15, 0.2) is 59.9 Å². The number of rotatable bonds is 4. The van der Waals surface area contributed by atoms with E-state index >= 15 is 0 Å². The van der Waals surface area contributed by atoms with Gasteiger partial charge in [0.1, 0.15) is 0 Å². The zero-order valence-corrected chi connectivity index (χ0v) is 17.7. The largest absolute Gasteiger partial charge is 0.282 e. The highest BCUT2D eigenvalue weighted by Crippen LogP contribution is 2.37. The van der Waals surface area contributed by atoms with Crippen molar-refractivity contribution in [1.29, 1.82) is 0 Å². The Hall–Kier alpha value is -2.93. The van der Waals surface area contributed by atoms with Crippen LogP contribution in [0.4, 0.5) is 0 Å². The summed E-state index contributed by atoms with van der Waals surface area (Å²) >= 11 is 0. The molecule has 0 radical (unpaired) electrons. The van der Waals surface area contributed by atoms with Crippen LogP contribution in [0.1, 0.15) is 49.3 Å². The highest BCUT2D eigenvalue weighted by atomic mass is 32.2. The van der Waals surface area contributed by atoms with Crippen molar-refractivity contribution in [2.24, 2.45) is 0 Å². The smallest absolute Gasteiger partial charge is 0.269 e. The number of pyridine rings is 1. The molecule has 1 saturated carbocycles. The molecule has 0 atom stereocenters. The van der Waals surface area contributed by atoms with Crippen molar-refractivity contribution in [3.05, 3.63) is 66.2 Å². The second kappa shape index (κ2) is 7.40. The number of hydrogen-bond donors (Lipinski definition) is 1. The van der Waals surface area contributed by atoms with Crippen LogP contribution in [-0.4, -0.2) is 27.6 Å².